The monoisotopic (exact) mass is 293 g/mol. The van der Waals surface area contributed by atoms with Gasteiger partial charge in [0.15, 0.2) is 0 Å². The lowest BCUT2D eigenvalue weighted by molar-refractivity contribution is 0.633. The molecule has 1 aliphatic carbocycles. The van der Waals surface area contributed by atoms with E-state index in [0.717, 1.165) is 5.57 Å². The number of hydrogen-bond donors (Lipinski definition) is 1. The van der Waals surface area contributed by atoms with Crippen LogP contribution in [0.25, 0.3) is 11.6 Å². The number of nitrogens with two attached hydrogens (primary N) is 1. The Kier molecular flexibility index (Phi) is 4.58. The third-order valence-electron chi connectivity index (χ3n) is 5.07. The minimum absolute atomic E-state index is 0.00527. The molecule has 22 heavy (non-hydrogen) atoms. The largest absolute Gasteiger partial charge is 0.323 e. The Morgan fingerprint density at radius 1 is 1.05 bits per heavy atom. The van der Waals surface area contributed by atoms with Crippen molar-refractivity contribution in [2.45, 2.75) is 40.7 Å². The molecule has 1 aromatic carbocycles. The lowest BCUT2D eigenvalue weighted by Crippen LogP contribution is -2.34. The molecule has 0 amide bonds. The number of rotatable bonds is 3. The molecule has 0 saturated heterocycles. The molecule has 2 unspecified atom stereocenters. The van der Waals surface area contributed by atoms with Crippen molar-refractivity contribution < 1.29 is 0 Å². The zero-order valence-corrected chi connectivity index (χ0v) is 14.5. The van der Waals surface area contributed by atoms with Crippen molar-refractivity contribution in [1.82, 2.24) is 0 Å². The normalized spacial score (nSPS) is 21.2. The van der Waals surface area contributed by atoms with Gasteiger partial charge in [0.1, 0.15) is 0 Å². The van der Waals surface area contributed by atoms with Gasteiger partial charge < -0.3 is 5.73 Å². The lowest BCUT2D eigenvalue weighted by Gasteiger charge is -2.31. The predicted molar refractivity (Wildman–Crippen MR) is 98.8 cm³/mol. The fourth-order valence-electron chi connectivity index (χ4n) is 3.39. The van der Waals surface area contributed by atoms with Crippen LogP contribution < -0.4 is 5.73 Å². The third kappa shape index (κ3) is 2.62. The number of allylic oxidation sites excluding steroid dienone is 2. The first kappa shape index (κ1) is 16.5. The van der Waals surface area contributed by atoms with Crippen LogP contribution in [0.4, 0.5) is 0 Å². The summed E-state index contributed by atoms with van der Waals surface area (Å²) in [5.74, 6) is 0.170. The fourth-order valence-corrected chi connectivity index (χ4v) is 3.39. The van der Waals surface area contributed by atoms with Crippen LogP contribution in [0.2, 0.25) is 0 Å². The quantitative estimate of drug-likeness (QED) is 0.822. The SMILES string of the molecule is C=Cc1c(C)c(C)cc(C(=C)C2C(C)=CC=C(C)C2N)c1C. The number of benzene rings is 1. The molecule has 0 bridgehead atoms. The standard InChI is InChI=1S/C21H27N/c1-8-18-15(5)14(4)11-19(16(18)6)17(7)20-12(2)9-10-13(3)21(20)22/h8-11,20-21H,1,7,22H2,2-6H3. The highest BCUT2D eigenvalue weighted by Crippen LogP contribution is 2.38. The van der Waals surface area contributed by atoms with E-state index in [1.54, 1.807) is 0 Å². The Bertz CT molecular complexity index is 701. The minimum Gasteiger partial charge on any atom is -0.323 e. The Morgan fingerprint density at radius 3 is 2.23 bits per heavy atom. The summed E-state index contributed by atoms with van der Waals surface area (Å²) in [4.78, 5) is 0. The maximum atomic E-state index is 6.45. The summed E-state index contributed by atoms with van der Waals surface area (Å²) in [6.07, 6.45) is 6.23. The van der Waals surface area contributed by atoms with Gasteiger partial charge in [0, 0.05) is 12.0 Å². The molecule has 0 radical (unpaired) electrons. The summed E-state index contributed by atoms with van der Waals surface area (Å²) in [5.41, 5.74) is 16.3. The van der Waals surface area contributed by atoms with E-state index >= 15 is 0 Å². The van der Waals surface area contributed by atoms with Crippen LogP contribution in [0.15, 0.2) is 42.5 Å². The zero-order valence-electron chi connectivity index (χ0n) is 14.5. The summed E-state index contributed by atoms with van der Waals surface area (Å²) in [5, 5.41) is 0. The van der Waals surface area contributed by atoms with Crippen molar-refractivity contribution in [1.29, 1.82) is 0 Å². The van der Waals surface area contributed by atoms with Gasteiger partial charge in [-0.05, 0) is 68.0 Å². The second kappa shape index (κ2) is 6.10. The average molecular weight is 293 g/mol. The Labute approximate surface area is 134 Å². The van der Waals surface area contributed by atoms with Gasteiger partial charge in [-0.1, -0.05) is 48.6 Å². The Balaban J connectivity index is 2.56. The van der Waals surface area contributed by atoms with Gasteiger partial charge in [-0.25, -0.2) is 0 Å². The van der Waals surface area contributed by atoms with Crippen molar-refractivity contribution in [3.8, 4) is 0 Å². The highest BCUT2D eigenvalue weighted by Gasteiger charge is 2.28. The highest BCUT2D eigenvalue weighted by molar-refractivity contribution is 5.76. The fraction of sp³-hybridized carbons (Fsp3) is 0.333. The summed E-state index contributed by atoms with van der Waals surface area (Å²) >= 11 is 0. The van der Waals surface area contributed by atoms with Crippen LogP contribution in [0.1, 0.15) is 41.7 Å². The molecule has 2 N–H and O–H groups in total. The highest BCUT2D eigenvalue weighted by atomic mass is 14.7. The van der Waals surface area contributed by atoms with Gasteiger partial charge in [-0.3, -0.25) is 0 Å². The maximum Gasteiger partial charge on any atom is 0.0361 e. The molecule has 0 heterocycles. The molecule has 1 aliphatic rings. The van der Waals surface area contributed by atoms with E-state index in [9.17, 15) is 0 Å². The molecule has 0 spiro atoms. The average Bonchev–Trinajstić information content (AvgIpc) is 2.47. The molecule has 1 heteroatoms. The maximum absolute atomic E-state index is 6.45. The van der Waals surface area contributed by atoms with Crippen LogP contribution in [0, 0.1) is 26.7 Å². The van der Waals surface area contributed by atoms with E-state index in [2.05, 4.69) is 66.0 Å². The molecule has 0 fully saturated rings. The van der Waals surface area contributed by atoms with Gasteiger partial charge in [0.2, 0.25) is 0 Å². The summed E-state index contributed by atoms with van der Waals surface area (Å²) < 4.78 is 0. The van der Waals surface area contributed by atoms with Gasteiger partial charge in [-0.15, -0.1) is 0 Å². The van der Waals surface area contributed by atoms with Crippen LogP contribution in [-0.2, 0) is 0 Å². The van der Waals surface area contributed by atoms with Crippen LogP contribution in [-0.4, -0.2) is 6.04 Å². The van der Waals surface area contributed by atoms with E-state index < -0.39 is 0 Å². The Morgan fingerprint density at radius 2 is 1.64 bits per heavy atom. The molecule has 0 aromatic heterocycles. The summed E-state index contributed by atoms with van der Waals surface area (Å²) in [6.45, 7) is 19.1. The number of aryl methyl sites for hydroxylation is 1. The van der Waals surface area contributed by atoms with E-state index in [-0.39, 0.29) is 12.0 Å². The molecule has 2 rings (SSSR count). The second-order valence-corrected chi connectivity index (χ2v) is 6.46. The van der Waals surface area contributed by atoms with Crippen LogP contribution in [0.3, 0.4) is 0 Å². The van der Waals surface area contributed by atoms with E-state index in [1.165, 1.54) is 39.0 Å². The van der Waals surface area contributed by atoms with Crippen molar-refractivity contribution >= 4 is 11.6 Å². The van der Waals surface area contributed by atoms with Gasteiger partial charge in [0.25, 0.3) is 0 Å². The molecular formula is C21H27N. The van der Waals surface area contributed by atoms with E-state index in [1.807, 2.05) is 6.08 Å². The minimum atomic E-state index is 0.00527. The first-order valence-corrected chi connectivity index (χ1v) is 7.82. The molecule has 116 valence electrons. The van der Waals surface area contributed by atoms with E-state index in [4.69, 9.17) is 5.73 Å². The van der Waals surface area contributed by atoms with Gasteiger partial charge in [0.05, 0.1) is 0 Å². The van der Waals surface area contributed by atoms with Gasteiger partial charge in [-0.2, -0.15) is 0 Å². The van der Waals surface area contributed by atoms with Crippen molar-refractivity contribution in [2.75, 3.05) is 0 Å². The molecule has 2 atom stereocenters. The topological polar surface area (TPSA) is 26.0 Å². The summed E-state index contributed by atoms with van der Waals surface area (Å²) in [6, 6.07) is 2.25. The Hall–Kier alpha value is -1.86. The van der Waals surface area contributed by atoms with Crippen LogP contribution >= 0.6 is 0 Å². The molecule has 0 aliphatic heterocycles. The number of hydrogen-bond acceptors (Lipinski definition) is 1. The molecule has 1 nitrogen and oxygen atoms in total. The lowest BCUT2D eigenvalue weighted by atomic mass is 9.76. The first-order chi connectivity index (χ1) is 10.3. The van der Waals surface area contributed by atoms with Crippen molar-refractivity contribution in [3.05, 3.63) is 70.3 Å². The molecular weight excluding hydrogens is 266 g/mol. The summed E-state index contributed by atoms with van der Waals surface area (Å²) in [7, 11) is 0. The van der Waals surface area contributed by atoms with Gasteiger partial charge >= 0.3 is 0 Å². The molecule has 1 aromatic rings. The third-order valence-corrected chi connectivity index (χ3v) is 5.07. The van der Waals surface area contributed by atoms with E-state index in [0.29, 0.717) is 0 Å². The van der Waals surface area contributed by atoms with Crippen molar-refractivity contribution in [3.63, 3.8) is 0 Å². The van der Waals surface area contributed by atoms with Crippen LogP contribution in [0.5, 0.6) is 0 Å². The van der Waals surface area contributed by atoms with Crippen molar-refractivity contribution in [2.24, 2.45) is 11.7 Å². The first-order valence-electron chi connectivity index (χ1n) is 7.82. The molecule has 0 saturated carbocycles. The smallest absolute Gasteiger partial charge is 0.0361 e. The second-order valence-electron chi connectivity index (χ2n) is 6.46. The zero-order chi connectivity index (χ0) is 16.6. The predicted octanol–water partition coefficient (Wildman–Crippen LogP) is 5.12.